The molecule has 5 heterocycles. The number of carbonyl (C=O) groups is 2. The van der Waals surface area contributed by atoms with Crippen molar-refractivity contribution < 1.29 is 9.59 Å². The number of hydrogen-bond donors (Lipinski definition) is 2. The summed E-state index contributed by atoms with van der Waals surface area (Å²) in [7, 11) is 0. The summed E-state index contributed by atoms with van der Waals surface area (Å²) in [6, 6.07) is 21.6. The Bertz CT molecular complexity index is 1960. The highest BCUT2D eigenvalue weighted by Crippen LogP contribution is 2.33. The number of aromatic nitrogens is 5. The molecule has 0 radical (unpaired) electrons. The van der Waals surface area contributed by atoms with E-state index in [0.29, 0.717) is 37.6 Å². The first-order valence-electron chi connectivity index (χ1n) is 15.7. The number of aromatic amines is 1. The summed E-state index contributed by atoms with van der Waals surface area (Å²) in [5, 5.41) is 21.5. The molecule has 2 amide bonds. The number of nitrogens with zero attached hydrogens (tertiary/aromatic N) is 8. The van der Waals surface area contributed by atoms with Crippen molar-refractivity contribution in [3.8, 4) is 28.7 Å². The van der Waals surface area contributed by atoms with Gasteiger partial charge in [0.25, 0.3) is 0 Å². The molecule has 2 aliphatic rings. The van der Waals surface area contributed by atoms with Gasteiger partial charge in [-0.3, -0.25) is 24.6 Å². The van der Waals surface area contributed by atoms with Crippen LogP contribution in [0, 0.1) is 23.7 Å². The number of carbonyl (C=O) groups excluding carboxylic acids is 2. The topological polar surface area (TPSA) is 147 Å². The maximum atomic E-state index is 13.5. The second kappa shape index (κ2) is 12.6. The molecule has 2 aliphatic heterocycles. The molecule has 2 aromatic carbocycles. The van der Waals surface area contributed by atoms with Crippen LogP contribution < -0.4 is 10.2 Å². The van der Waals surface area contributed by atoms with Gasteiger partial charge in [0.1, 0.15) is 11.1 Å². The molecule has 12 nitrogen and oxygen atoms in total. The van der Waals surface area contributed by atoms with E-state index >= 15 is 0 Å². The monoisotopic (exact) mass is 626 g/mol. The van der Waals surface area contributed by atoms with Crippen molar-refractivity contribution >= 4 is 34.1 Å². The van der Waals surface area contributed by atoms with Gasteiger partial charge < -0.3 is 15.1 Å². The molecule has 2 saturated heterocycles. The standard InChI is InChI=1S/C35H34N10O2/c1-24-19-26(9-13-37-24)32-29-20-27(5-8-30(29)41-42-32)40-34(47)35(22-36)10-14-43(23-35)21-31(46)45-17-15-44(16-18-45)28-6-3-25(4-7-28)33-38-11-2-12-39-33/h2-9,11-13,19-20H,10,14-18,21,23H2,1H3,(H,40,47)(H,41,42). The van der Waals surface area contributed by atoms with Crippen molar-refractivity contribution in [2.75, 3.05) is 56.0 Å². The average Bonchev–Trinajstić information content (AvgIpc) is 3.73. The number of piperazine rings is 1. The number of aryl methyl sites for hydroxylation is 1. The molecule has 1 unspecified atom stereocenters. The van der Waals surface area contributed by atoms with Crippen LogP contribution in [0.15, 0.2) is 79.3 Å². The fraction of sp³-hybridized carbons (Fsp3) is 0.286. The maximum Gasteiger partial charge on any atom is 0.246 e. The van der Waals surface area contributed by atoms with Gasteiger partial charge in [0.15, 0.2) is 5.82 Å². The lowest BCUT2D eigenvalue weighted by Crippen LogP contribution is -2.51. The molecule has 3 aromatic heterocycles. The minimum atomic E-state index is -1.24. The van der Waals surface area contributed by atoms with E-state index in [1.54, 1.807) is 30.7 Å². The first-order valence-corrected chi connectivity index (χ1v) is 15.7. The van der Waals surface area contributed by atoms with Crippen LogP contribution in [0.5, 0.6) is 0 Å². The summed E-state index contributed by atoms with van der Waals surface area (Å²) in [6.45, 7) is 5.47. The molecule has 0 aliphatic carbocycles. The minimum absolute atomic E-state index is 0.0136. The van der Waals surface area contributed by atoms with Gasteiger partial charge >= 0.3 is 0 Å². The molecule has 5 aromatic rings. The zero-order valence-corrected chi connectivity index (χ0v) is 26.1. The summed E-state index contributed by atoms with van der Waals surface area (Å²) < 4.78 is 0. The van der Waals surface area contributed by atoms with E-state index in [9.17, 15) is 14.9 Å². The number of nitrogens with one attached hydrogen (secondary N) is 2. The second-order valence-electron chi connectivity index (χ2n) is 12.1. The Balaban J connectivity index is 0.944. The Morgan fingerprint density at radius 2 is 1.72 bits per heavy atom. The molecule has 236 valence electrons. The van der Waals surface area contributed by atoms with Gasteiger partial charge in [-0.2, -0.15) is 10.4 Å². The van der Waals surface area contributed by atoms with E-state index in [0.717, 1.165) is 52.2 Å². The smallest absolute Gasteiger partial charge is 0.246 e. The molecule has 0 saturated carbocycles. The molecular weight excluding hydrogens is 592 g/mol. The lowest BCUT2D eigenvalue weighted by Gasteiger charge is -2.36. The van der Waals surface area contributed by atoms with Crippen molar-refractivity contribution in [1.82, 2.24) is 34.9 Å². The number of hydrogen-bond acceptors (Lipinski definition) is 9. The summed E-state index contributed by atoms with van der Waals surface area (Å²) in [4.78, 5) is 45.8. The molecule has 2 N–H and O–H groups in total. The third-order valence-electron chi connectivity index (χ3n) is 9.04. The number of nitriles is 1. The molecule has 0 bridgehead atoms. The molecule has 1 atom stereocenters. The Hall–Kier alpha value is -5.67. The number of H-pyrrole nitrogens is 1. The predicted octanol–water partition coefficient (Wildman–Crippen LogP) is 3.89. The zero-order valence-electron chi connectivity index (χ0n) is 26.1. The van der Waals surface area contributed by atoms with Crippen LogP contribution >= 0.6 is 0 Å². The van der Waals surface area contributed by atoms with E-state index in [4.69, 9.17) is 0 Å². The van der Waals surface area contributed by atoms with Gasteiger partial charge in [0.05, 0.1) is 18.1 Å². The van der Waals surface area contributed by atoms with E-state index in [-0.39, 0.29) is 24.9 Å². The predicted molar refractivity (Wildman–Crippen MR) is 178 cm³/mol. The van der Waals surface area contributed by atoms with Gasteiger partial charge in [-0.1, -0.05) is 0 Å². The van der Waals surface area contributed by atoms with Crippen LogP contribution in [0.2, 0.25) is 0 Å². The number of rotatable bonds is 7. The number of pyridine rings is 1. The molecule has 0 spiro atoms. The number of benzene rings is 2. The highest BCUT2D eigenvalue weighted by atomic mass is 16.2. The van der Waals surface area contributed by atoms with Gasteiger partial charge in [-0.25, -0.2) is 9.97 Å². The van der Waals surface area contributed by atoms with Crippen LogP contribution in [-0.2, 0) is 9.59 Å². The van der Waals surface area contributed by atoms with Gasteiger partial charge in [-0.05, 0) is 74.0 Å². The highest BCUT2D eigenvalue weighted by molar-refractivity contribution is 6.01. The molecule has 2 fully saturated rings. The highest BCUT2D eigenvalue weighted by Gasteiger charge is 2.46. The molecule has 12 heteroatoms. The van der Waals surface area contributed by atoms with Crippen molar-refractivity contribution in [2.45, 2.75) is 13.3 Å². The van der Waals surface area contributed by atoms with Crippen molar-refractivity contribution in [3.05, 3.63) is 84.9 Å². The quantitative estimate of drug-likeness (QED) is 0.275. The van der Waals surface area contributed by atoms with E-state index in [1.807, 2.05) is 53.1 Å². The SMILES string of the molecule is Cc1cc(-c2n[nH]c3ccc(NC(=O)C4(C#N)CCN(CC(=O)N5CCN(c6ccc(-c7ncccn7)cc6)CC5)C4)cc23)ccn1. The molecule has 47 heavy (non-hydrogen) atoms. The second-order valence-corrected chi connectivity index (χ2v) is 12.1. The van der Waals surface area contributed by atoms with E-state index in [2.05, 4.69) is 53.6 Å². The van der Waals surface area contributed by atoms with Crippen LogP contribution in [0.1, 0.15) is 12.1 Å². The third-order valence-corrected chi connectivity index (χ3v) is 9.04. The Labute approximate surface area is 272 Å². The lowest BCUT2D eigenvalue weighted by molar-refractivity contribution is -0.133. The normalized spacial score (nSPS) is 18.3. The Kier molecular flexibility index (Phi) is 8.05. The summed E-state index contributed by atoms with van der Waals surface area (Å²) in [6.07, 6.45) is 5.56. The summed E-state index contributed by atoms with van der Waals surface area (Å²) >= 11 is 0. The summed E-state index contributed by atoms with van der Waals surface area (Å²) in [5.74, 6) is 0.341. The van der Waals surface area contributed by atoms with Gasteiger partial charge in [-0.15, -0.1) is 0 Å². The van der Waals surface area contributed by atoms with Crippen molar-refractivity contribution in [3.63, 3.8) is 0 Å². The lowest BCUT2D eigenvalue weighted by atomic mass is 9.88. The van der Waals surface area contributed by atoms with Crippen LogP contribution in [-0.4, -0.2) is 92.6 Å². The third kappa shape index (κ3) is 6.13. The van der Waals surface area contributed by atoms with Crippen molar-refractivity contribution in [2.24, 2.45) is 5.41 Å². The number of fused-ring (bicyclic) bond motifs is 1. The van der Waals surface area contributed by atoms with Gasteiger partial charge in [0.2, 0.25) is 11.8 Å². The van der Waals surface area contributed by atoms with E-state index < -0.39 is 5.41 Å². The fourth-order valence-electron chi connectivity index (χ4n) is 6.38. The van der Waals surface area contributed by atoms with E-state index in [1.165, 1.54) is 0 Å². The van der Waals surface area contributed by atoms with Gasteiger partial charge in [0, 0.05) is 91.4 Å². The summed E-state index contributed by atoms with van der Waals surface area (Å²) in [5.41, 5.74) is 4.80. The van der Waals surface area contributed by atoms with Crippen LogP contribution in [0.4, 0.5) is 11.4 Å². The first kappa shape index (κ1) is 30.0. The number of amides is 2. The first-order chi connectivity index (χ1) is 22.9. The fourth-order valence-corrected chi connectivity index (χ4v) is 6.38. The number of likely N-dealkylation sites (tertiary alicyclic amines) is 1. The molecular formula is C35H34N10O2. The Morgan fingerprint density at radius 3 is 2.47 bits per heavy atom. The maximum absolute atomic E-state index is 13.5. The van der Waals surface area contributed by atoms with Crippen LogP contribution in [0.3, 0.4) is 0 Å². The minimum Gasteiger partial charge on any atom is -0.368 e. The van der Waals surface area contributed by atoms with Crippen LogP contribution in [0.25, 0.3) is 33.5 Å². The average molecular weight is 627 g/mol. The van der Waals surface area contributed by atoms with Crippen molar-refractivity contribution in [1.29, 1.82) is 5.26 Å². The largest absolute Gasteiger partial charge is 0.368 e. The zero-order chi connectivity index (χ0) is 32.4. The molecule has 7 rings (SSSR count). The number of anilines is 2. The Morgan fingerprint density at radius 1 is 0.936 bits per heavy atom.